The largest absolute Gasteiger partial charge is 0.394 e. The van der Waals surface area contributed by atoms with Crippen LogP contribution in [0.3, 0.4) is 0 Å². The van der Waals surface area contributed by atoms with Crippen molar-refractivity contribution >= 4 is 17.5 Å². The van der Waals surface area contributed by atoms with Gasteiger partial charge in [-0.05, 0) is 31.6 Å². The number of nitrogens with zero attached hydrogens (tertiary/aromatic N) is 2. The van der Waals surface area contributed by atoms with Crippen molar-refractivity contribution in [2.24, 2.45) is 5.92 Å². The predicted octanol–water partition coefficient (Wildman–Crippen LogP) is 1.80. The first kappa shape index (κ1) is 14.2. The monoisotopic (exact) mass is 283 g/mol. The van der Waals surface area contributed by atoms with E-state index in [1.54, 1.807) is 0 Å². The summed E-state index contributed by atoms with van der Waals surface area (Å²) in [4.78, 5) is 19.9. The van der Waals surface area contributed by atoms with Gasteiger partial charge in [0, 0.05) is 0 Å². The highest BCUT2D eigenvalue weighted by atomic mass is 35.5. The van der Waals surface area contributed by atoms with Crippen LogP contribution < -0.4 is 5.32 Å². The number of carbonyl (C=O) groups is 1. The van der Waals surface area contributed by atoms with Crippen LogP contribution in [0.5, 0.6) is 0 Å². The number of carbonyl (C=O) groups excluding carboxylic acids is 1. The molecule has 1 aliphatic carbocycles. The fourth-order valence-electron chi connectivity index (χ4n) is 2.37. The fourth-order valence-corrected chi connectivity index (χ4v) is 2.47. The summed E-state index contributed by atoms with van der Waals surface area (Å²) >= 11 is 5.63. The highest BCUT2D eigenvalue weighted by Gasteiger charge is 2.35. The van der Waals surface area contributed by atoms with Gasteiger partial charge in [-0.25, -0.2) is 9.97 Å². The van der Waals surface area contributed by atoms with Gasteiger partial charge >= 0.3 is 0 Å². The van der Waals surface area contributed by atoms with Crippen molar-refractivity contribution in [1.29, 1.82) is 0 Å². The number of amides is 1. The zero-order valence-electron chi connectivity index (χ0n) is 10.9. The highest BCUT2D eigenvalue weighted by molar-refractivity contribution is 6.29. The number of aliphatic hydroxyl groups is 1. The summed E-state index contributed by atoms with van der Waals surface area (Å²) in [6, 6.07) is 0. The Morgan fingerprint density at radius 1 is 1.47 bits per heavy atom. The molecule has 6 heteroatoms. The second kappa shape index (κ2) is 5.84. The maximum atomic E-state index is 12.1. The molecule has 1 fully saturated rings. The molecule has 0 atom stereocenters. The van der Waals surface area contributed by atoms with E-state index < -0.39 is 5.54 Å². The minimum absolute atomic E-state index is 0.0491. The molecule has 1 aliphatic rings. The predicted molar refractivity (Wildman–Crippen MR) is 72.0 cm³/mol. The molecule has 1 saturated carbocycles. The fraction of sp³-hybridized carbons (Fsp3) is 0.615. The van der Waals surface area contributed by atoms with Crippen LogP contribution in [-0.4, -0.2) is 33.1 Å². The van der Waals surface area contributed by atoms with Crippen LogP contribution in [0.2, 0.25) is 5.15 Å². The Hall–Kier alpha value is -1.20. The number of hydrogen-bond acceptors (Lipinski definition) is 4. The highest BCUT2D eigenvalue weighted by Crippen LogP contribution is 2.31. The van der Waals surface area contributed by atoms with E-state index in [4.69, 9.17) is 11.6 Å². The second-order valence-electron chi connectivity index (χ2n) is 5.30. The first-order chi connectivity index (χ1) is 9.04. The van der Waals surface area contributed by atoms with Gasteiger partial charge in [0.25, 0.3) is 5.91 Å². The lowest BCUT2D eigenvalue weighted by atomic mass is 9.77. The molecule has 2 N–H and O–H groups in total. The van der Waals surface area contributed by atoms with Gasteiger partial charge in [-0.15, -0.1) is 0 Å². The molecule has 0 bridgehead atoms. The second-order valence-corrected chi connectivity index (χ2v) is 5.69. The molecular weight excluding hydrogens is 266 g/mol. The summed E-state index contributed by atoms with van der Waals surface area (Å²) < 4.78 is 0. The number of halogens is 1. The van der Waals surface area contributed by atoms with Gasteiger partial charge in [0.15, 0.2) is 0 Å². The molecule has 19 heavy (non-hydrogen) atoms. The standard InChI is InChI=1S/C13H18ClN3O2/c1-9-2-4-13(8-18,5-3-9)17-12(19)10-6-16-11(14)7-15-10/h6-7,9,18H,2-5,8H2,1H3,(H,17,19). The Kier molecular flexibility index (Phi) is 4.37. The lowest BCUT2D eigenvalue weighted by Crippen LogP contribution is -2.53. The number of hydrogen-bond donors (Lipinski definition) is 2. The van der Waals surface area contributed by atoms with E-state index in [9.17, 15) is 9.90 Å². The van der Waals surface area contributed by atoms with Gasteiger partial charge in [0.2, 0.25) is 0 Å². The molecule has 5 nitrogen and oxygen atoms in total. The lowest BCUT2D eigenvalue weighted by molar-refractivity contribution is 0.0712. The average molecular weight is 284 g/mol. The molecule has 0 saturated heterocycles. The number of nitrogens with one attached hydrogen (secondary N) is 1. The van der Waals surface area contributed by atoms with Crippen LogP contribution in [0.25, 0.3) is 0 Å². The van der Waals surface area contributed by atoms with Gasteiger partial charge in [-0.1, -0.05) is 18.5 Å². The van der Waals surface area contributed by atoms with Crippen molar-refractivity contribution in [2.45, 2.75) is 38.1 Å². The normalized spacial score (nSPS) is 27.0. The molecule has 0 spiro atoms. The Morgan fingerprint density at radius 3 is 2.68 bits per heavy atom. The molecule has 1 aromatic heterocycles. The molecule has 0 aliphatic heterocycles. The first-order valence-electron chi connectivity index (χ1n) is 6.45. The molecule has 2 rings (SSSR count). The Labute approximate surface area is 117 Å². The molecule has 104 valence electrons. The van der Waals surface area contributed by atoms with Crippen LogP contribution >= 0.6 is 11.6 Å². The lowest BCUT2D eigenvalue weighted by Gasteiger charge is -2.38. The van der Waals surface area contributed by atoms with Crippen LogP contribution in [0, 0.1) is 5.92 Å². The third kappa shape index (κ3) is 3.42. The summed E-state index contributed by atoms with van der Waals surface area (Å²) in [5, 5.41) is 12.7. The third-order valence-corrected chi connectivity index (χ3v) is 3.96. The van der Waals surface area contributed by atoms with Crippen LogP contribution in [0.4, 0.5) is 0 Å². The Bertz CT molecular complexity index is 442. The minimum Gasteiger partial charge on any atom is -0.394 e. The van der Waals surface area contributed by atoms with E-state index in [0.29, 0.717) is 5.92 Å². The molecule has 0 radical (unpaired) electrons. The minimum atomic E-state index is -0.523. The van der Waals surface area contributed by atoms with E-state index in [2.05, 4.69) is 22.2 Å². The first-order valence-corrected chi connectivity index (χ1v) is 6.83. The number of aromatic nitrogens is 2. The van der Waals surface area contributed by atoms with Crippen molar-refractivity contribution in [2.75, 3.05) is 6.61 Å². The smallest absolute Gasteiger partial charge is 0.271 e. The molecule has 1 aromatic rings. The van der Waals surface area contributed by atoms with Crippen molar-refractivity contribution in [1.82, 2.24) is 15.3 Å². The van der Waals surface area contributed by atoms with Crippen LogP contribution in [-0.2, 0) is 0 Å². The zero-order valence-corrected chi connectivity index (χ0v) is 11.7. The summed E-state index contributed by atoms with van der Waals surface area (Å²) in [5.74, 6) is 0.333. The van der Waals surface area contributed by atoms with Gasteiger partial charge < -0.3 is 10.4 Å². The SMILES string of the molecule is CC1CCC(CO)(NC(=O)c2cnc(Cl)cn2)CC1. The van der Waals surface area contributed by atoms with E-state index >= 15 is 0 Å². The molecule has 1 amide bonds. The van der Waals surface area contributed by atoms with Crippen molar-refractivity contribution in [3.8, 4) is 0 Å². The summed E-state index contributed by atoms with van der Waals surface area (Å²) in [6.07, 6.45) is 6.27. The molecular formula is C13H18ClN3O2. The van der Waals surface area contributed by atoms with Gasteiger partial charge in [-0.3, -0.25) is 4.79 Å². The topological polar surface area (TPSA) is 75.1 Å². The summed E-state index contributed by atoms with van der Waals surface area (Å²) in [6.45, 7) is 2.14. The zero-order chi connectivity index (χ0) is 13.9. The maximum Gasteiger partial charge on any atom is 0.271 e. The molecule has 0 aromatic carbocycles. The van der Waals surface area contributed by atoms with Crippen molar-refractivity contribution in [3.05, 3.63) is 23.2 Å². The third-order valence-electron chi connectivity index (χ3n) is 3.77. The Morgan fingerprint density at radius 2 is 2.16 bits per heavy atom. The molecule has 0 unspecified atom stereocenters. The summed E-state index contributed by atoms with van der Waals surface area (Å²) in [7, 11) is 0. The van der Waals surface area contributed by atoms with Gasteiger partial charge in [0.1, 0.15) is 10.8 Å². The van der Waals surface area contributed by atoms with Crippen LogP contribution in [0.15, 0.2) is 12.4 Å². The van der Waals surface area contributed by atoms with E-state index in [1.165, 1.54) is 12.4 Å². The van der Waals surface area contributed by atoms with E-state index in [0.717, 1.165) is 25.7 Å². The van der Waals surface area contributed by atoms with Crippen LogP contribution in [0.1, 0.15) is 43.1 Å². The van der Waals surface area contributed by atoms with Gasteiger partial charge in [0.05, 0.1) is 24.5 Å². The number of aliphatic hydroxyl groups excluding tert-OH is 1. The van der Waals surface area contributed by atoms with E-state index in [1.807, 2.05) is 0 Å². The maximum absolute atomic E-state index is 12.1. The van der Waals surface area contributed by atoms with Gasteiger partial charge in [-0.2, -0.15) is 0 Å². The van der Waals surface area contributed by atoms with Crippen molar-refractivity contribution < 1.29 is 9.90 Å². The molecule has 1 heterocycles. The summed E-state index contributed by atoms with van der Waals surface area (Å²) in [5.41, 5.74) is -0.305. The number of rotatable bonds is 3. The quantitative estimate of drug-likeness (QED) is 0.887. The van der Waals surface area contributed by atoms with E-state index in [-0.39, 0.29) is 23.4 Å². The van der Waals surface area contributed by atoms with Crippen molar-refractivity contribution in [3.63, 3.8) is 0 Å². The average Bonchev–Trinajstić information content (AvgIpc) is 2.42. The Balaban J connectivity index is 2.06.